The van der Waals surface area contributed by atoms with Crippen molar-refractivity contribution < 1.29 is 9.26 Å². The quantitative estimate of drug-likeness (QED) is 0.907. The van der Waals surface area contributed by atoms with Crippen LogP contribution in [0.15, 0.2) is 27.3 Å². The standard InChI is InChI=1S/C11H11BrN4O2/c12-7-2-1-3-14-9(7)11-15-10(16-18-11)8-6-13-4-5-17-8/h1-3,8,13H,4-6H2. The molecule has 2 aromatic heterocycles. The fourth-order valence-corrected chi connectivity index (χ4v) is 2.16. The molecular formula is C11H11BrN4O2. The lowest BCUT2D eigenvalue weighted by Gasteiger charge is -2.20. The molecule has 0 aliphatic carbocycles. The van der Waals surface area contributed by atoms with Crippen LogP contribution >= 0.6 is 15.9 Å². The van der Waals surface area contributed by atoms with Crippen molar-refractivity contribution in [3.63, 3.8) is 0 Å². The van der Waals surface area contributed by atoms with Crippen LogP contribution in [0.1, 0.15) is 11.9 Å². The summed E-state index contributed by atoms with van der Waals surface area (Å²) in [6.45, 7) is 2.21. The van der Waals surface area contributed by atoms with E-state index >= 15 is 0 Å². The van der Waals surface area contributed by atoms with Crippen LogP contribution in [0.5, 0.6) is 0 Å². The molecule has 18 heavy (non-hydrogen) atoms. The van der Waals surface area contributed by atoms with E-state index in [2.05, 4.69) is 36.4 Å². The molecule has 6 nitrogen and oxygen atoms in total. The third-order valence-electron chi connectivity index (χ3n) is 2.62. The number of nitrogens with one attached hydrogen (secondary N) is 1. The number of aromatic nitrogens is 3. The van der Waals surface area contributed by atoms with E-state index < -0.39 is 0 Å². The first kappa shape index (κ1) is 11.8. The van der Waals surface area contributed by atoms with Crippen molar-refractivity contribution in [2.24, 2.45) is 0 Å². The molecule has 3 heterocycles. The topological polar surface area (TPSA) is 73.1 Å². The van der Waals surface area contributed by atoms with Gasteiger partial charge in [-0.3, -0.25) is 0 Å². The molecule has 0 aromatic carbocycles. The minimum Gasteiger partial charge on any atom is -0.367 e. The minimum atomic E-state index is -0.154. The lowest BCUT2D eigenvalue weighted by atomic mass is 10.3. The largest absolute Gasteiger partial charge is 0.367 e. The highest BCUT2D eigenvalue weighted by Gasteiger charge is 2.22. The Morgan fingerprint density at radius 1 is 1.44 bits per heavy atom. The maximum Gasteiger partial charge on any atom is 0.277 e. The molecule has 1 atom stereocenters. The molecule has 2 aromatic rings. The summed E-state index contributed by atoms with van der Waals surface area (Å²) in [7, 11) is 0. The third-order valence-corrected chi connectivity index (χ3v) is 3.26. The third kappa shape index (κ3) is 2.29. The van der Waals surface area contributed by atoms with Gasteiger partial charge in [-0.2, -0.15) is 4.98 Å². The normalized spacial score (nSPS) is 19.9. The number of rotatable bonds is 2. The summed E-state index contributed by atoms with van der Waals surface area (Å²) in [6.07, 6.45) is 1.53. The Hall–Kier alpha value is -1.31. The minimum absolute atomic E-state index is 0.154. The highest BCUT2D eigenvalue weighted by Crippen LogP contribution is 2.25. The molecule has 7 heteroatoms. The van der Waals surface area contributed by atoms with Crippen LogP contribution in [0.3, 0.4) is 0 Å². The molecule has 1 aliphatic heterocycles. The zero-order valence-corrected chi connectivity index (χ0v) is 11.1. The van der Waals surface area contributed by atoms with E-state index in [-0.39, 0.29) is 6.10 Å². The molecule has 3 rings (SSSR count). The summed E-state index contributed by atoms with van der Waals surface area (Å²) in [5.41, 5.74) is 0.639. The van der Waals surface area contributed by atoms with E-state index in [0.717, 1.165) is 11.0 Å². The predicted molar refractivity (Wildman–Crippen MR) is 66.8 cm³/mol. The van der Waals surface area contributed by atoms with Crippen LogP contribution in [0.2, 0.25) is 0 Å². The van der Waals surface area contributed by atoms with Gasteiger partial charge >= 0.3 is 0 Å². The number of ether oxygens (including phenoxy) is 1. The second kappa shape index (κ2) is 5.13. The first-order valence-corrected chi connectivity index (χ1v) is 6.41. The number of pyridine rings is 1. The van der Waals surface area contributed by atoms with Crippen LogP contribution in [0.4, 0.5) is 0 Å². The second-order valence-corrected chi connectivity index (χ2v) is 4.71. The molecule has 1 unspecified atom stereocenters. The summed E-state index contributed by atoms with van der Waals surface area (Å²) in [6, 6.07) is 3.71. The highest BCUT2D eigenvalue weighted by atomic mass is 79.9. The van der Waals surface area contributed by atoms with E-state index in [4.69, 9.17) is 9.26 Å². The SMILES string of the molecule is Brc1cccnc1-c1nc(C2CNCCO2)no1. The lowest BCUT2D eigenvalue weighted by Crippen LogP contribution is -2.33. The number of morpholine rings is 1. The lowest BCUT2D eigenvalue weighted by molar-refractivity contribution is 0.0208. The number of nitrogens with zero attached hydrogens (tertiary/aromatic N) is 3. The monoisotopic (exact) mass is 310 g/mol. The van der Waals surface area contributed by atoms with Crippen molar-refractivity contribution in [1.82, 2.24) is 20.4 Å². The van der Waals surface area contributed by atoms with Gasteiger partial charge in [0.2, 0.25) is 5.82 Å². The van der Waals surface area contributed by atoms with Gasteiger partial charge in [-0.25, -0.2) is 4.98 Å². The molecular weight excluding hydrogens is 300 g/mol. The van der Waals surface area contributed by atoms with Crippen molar-refractivity contribution in [1.29, 1.82) is 0 Å². The summed E-state index contributed by atoms with van der Waals surface area (Å²) in [4.78, 5) is 8.54. The van der Waals surface area contributed by atoms with Crippen molar-refractivity contribution in [3.05, 3.63) is 28.6 Å². The Kier molecular flexibility index (Phi) is 3.35. The van der Waals surface area contributed by atoms with Gasteiger partial charge in [0.1, 0.15) is 11.8 Å². The number of hydrogen-bond donors (Lipinski definition) is 1. The van der Waals surface area contributed by atoms with E-state index in [0.29, 0.717) is 30.6 Å². The highest BCUT2D eigenvalue weighted by molar-refractivity contribution is 9.10. The fourth-order valence-electron chi connectivity index (χ4n) is 1.74. The van der Waals surface area contributed by atoms with E-state index in [1.54, 1.807) is 6.20 Å². The number of halogens is 1. The van der Waals surface area contributed by atoms with Gasteiger partial charge in [0.05, 0.1) is 6.61 Å². The van der Waals surface area contributed by atoms with E-state index in [9.17, 15) is 0 Å². The Bertz CT molecular complexity index is 539. The van der Waals surface area contributed by atoms with Crippen LogP contribution in [-0.4, -0.2) is 34.8 Å². The zero-order chi connectivity index (χ0) is 12.4. The van der Waals surface area contributed by atoms with Crippen LogP contribution in [0, 0.1) is 0 Å². The molecule has 1 fully saturated rings. The Labute approximate surface area is 112 Å². The Morgan fingerprint density at radius 3 is 3.17 bits per heavy atom. The van der Waals surface area contributed by atoms with Crippen molar-refractivity contribution in [3.8, 4) is 11.6 Å². The fraction of sp³-hybridized carbons (Fsp3) is 0.364. The summed E-state index contributed by atoms with van der Waals surface area (Å²) < 4.78 is 11.6. The summed E-state index contributed by atoms with van der Waals surface area (Å²) in [5, 5.41) is 7.17. The second-order valence-electron chi connectivity index (χ2n) is 3.86. The summed E-state index contributed by atoms with van der Waals surface area (Å²) >= 11 is 3.40. The van der Waals surface area contributed by atoms with Gasteiger partial charge in [-0.1, -0.05) is 5.16 Å². The molecule has 0 saturated carbocycles. The molecule has 0 bridgehead atoms. The molecule has 0 amide bonds. The summed E-state index contributed by atoms with van der Waals surface area (Å²) in [5.74, 6) is 0.946. The molecule has 1 N–H and O–H groups in total. The number of hydrogen-bond acceptors (Lipinski definition) is 6. The van der Waals surface area contributed by atoms with Gasteiger partial charge in [-0.15, -0.1) is 0 Å². The maximum atomic E-state index is 5.56. The van der Waals surface area contributed by atoms with Crippen LogP contribution < -0.4 is 5.32 Å². The van der Waals surface area contributed by atoms with Gasteiger partial charge < -0.3 is 14.6 Å². The predicted octanol–water partition coefficient (Wildman–Crippen LogP) is 1.55. The van der Waals surface area contributed by atoms with E-state index in [1.165, 1.54) is 0 Å². The van der Waals surface area contributed by atoms with Crippen molar-refractivity contribution in [2.45, 2.75) is 6.10 Å². The van der Waals surface area contributed by atoms with E-state index in [1.807, 2.05) is 12.1 Å². The van der Waals surface area contributed by atoms with Gasteiger partial charge in [0.25, 0.3) is 5.89 Å². The molecule has 0 spiro atoms. The molecule has 0 radical (unpaired) electrons. The molecule has 94 valence electrons. The average Bonchev–Trinajstić information content (AvgIpc) is 2.90. The maximum absolute atomic E-state index is 5.56. The van der Waals surface area contributed by atoms with Crippen LogP contribution in [-0.2, 0) is 4.74 Å². The zero-order valence-electron chi connectivity index (χ0n) is 9.47. The van der Waals surface area contributed by atoms with Gasteiger partial charge in [0.15, 0.2) is 0 Å². The van der Waals surface area contributed by atoms with Gasteiger partial charge in [0, 0.05) is 23.8 Å². The first-order valence-electron chi connectivity index (χ1n) is 5.61. The molecule has 1 aliphatic rings. The Morgan fingerprint density at radius 2 is 2.39 bits per heavy atom. The van der Waals surface area contributed by atoms with Crippen molar-refractivity contribution >= 4 is 15.9 Å². The van der Waals surface area contributed by atoms with Gasteiger partial charge in [-0.05, 0) is 28.1 Å². The van der Waals surface area contributed by atoms with Crippen molar-refractivity contribution in [2.75, 3.05) is 19.7 Å². The van der Waals surface area contributed by atoms with Crippen LogP contribution in [0.25, 0.3) is 11.6 Å². The smallest absolute Gasteiger partial charge is 0.277 e. The molecule has 1 saturated heterocycles. The Balaban J connectivity index is 1.87. The average molecular weight is 311 g/mol. The first-order chi connectivity index (χ1) is 8.84.